The number of nitrogens with one attached hydrogen (secondary N) is 1. The summed E-state index contributed by atoms with van der Waals surface area (Å²) in [5, 5.41) is 3.15. The van der Waals surface area contributed by atoms with Gasteiger partial charge in [-0.1, -0.05) is 26.0 Å². The molecule has 1 fully saturated rings. The van der Waals surface area contributed by atoms with Crippen molar-refractivity contribution < 1.29 is 4.74 Å². The van der Waals surface area contributed by atoms with Crippen molar-refractivity contribution in [2.45, 2.75) is 31.6 Å². The van der Waals surface area contributed by atoms with Gasteiger partial charge in [0, 0.05) is 30.1 Å². The summed E-state index contributed by atoms with van der Waals surface area (Å²) in [6.45, 7) is 9.77. The highest BCUT2D eigenvalue weighted by Gasteiger charge is 2.23. The van der Waals surface area contributed by atoms with Crippen LogP contribution in [0.15, 0.2) is 24.3 Å². The van der Waals surface area contributed by atoms with Gasteiger partial charge in [-0.05, 0) is 37.7 Å². The molecule has 118 valence electrons. The van der Waals surface area contributed by atoms with Crippen LogP contribution in [0, 0.1) is 0 Å². The molecule has 1 saturated heterocycles. The molecule has 4 heteroatoms. The van der Waals surface area contributed by atoms with Crippen LogP contribution in [0.1, 0.15) is 25.8 Å². The van der Waals surface area contributed by atoms with Crippen molar-refractivity contribution >= 4 is 11.8 Å². The molecule has 1 aliphatic rings. The topological polar surface area (TPSA) is 24.5 Å². The number of ether oxygens (including phenoxy) is 1. The Morgan fingerprint density at radius 1 is 1.24 bits per heavy atom. The van der Waals surface area contributed by atoms with Crippen LogP contribution >= 0.6 is 11.8 Å². The van der Waals surface area contributed by atoms with Gasteiger partial charge in [-0.2, -0.15) is 11.8 Å². The summed E-state index contributed by atoms with van der Waals surface area (Å²) in [6.07, 6.45) is 1.26. The normalized spacial score (nSPS) is 19.2. The fourth-order valence-electron chi connectivity index (χ4n) is 2.49. The maximum absolute atomic E-state index is 5.87. The smallest absolute Gasteiger partial charge is 0.119 e. The summed E-state index contributed by atoms with van der Waals surface area (Å²) < 4.78 is 6.30. The van der Waals surface area contributed by atoms with E-state index in [1.165, 1.54) is 30.8 Å². The molecule has 0 atom stereocenters. The van der Waals surface area contributed by atoms with Crippen LogP contribution in [0.4, 0.5) is 0 Å². The molecule has 1 heterocycles. The highest BCUT2D eigenvalue weighted by molar-refractivity contribution is 8.00. The van der Waals surface area contributed by atoms with Crippen molar-refractivity contribution in [2.24, 2.45) is 0 Å². The molecule has 0 bridgehead atoms. The Balaban J connectivity index is 1.71. The predicted octanol–water partition coefficient (Wildman–Crippen LogP) is 3.00. The maximum atomic E-state index is 5.87. The molecule has 1 aliphatic heterocycles. The summed E-state index contributed by atoms with van der Waals surface area (Å²) in [6, 6.07) is 8.37. The Labute approximate surface area is 133 Å². The summed E-state index contributed by atoms with van der Waals surface area (Å²) in [7, 11) is 1.96. The lowest BCUT2D eigenvalue weighted by molar-refractivity contribution is 0.214. The largest absolute Gasteiger partial charge is 0.492 e. The van der Waals surface area contributed by atoms with Gasteiger partial charge in [-0.15, -0.1) is 0 Å². The zero-order valence-electron chi connectivity index (χ0n) is 13.5. The summed E-state index contributed by atoms with van der Waals surface area (Å²) in [5.41, 5.74) is 1.29. The van der Waals surface area contributed by atoms with Gasteiger partial charge >= 0.3 is 0 Å². The van der Waals surface area contributed by atoms with E-state index in [1.54, 1.807) is 0 Å². The lowest BCUT2D eigenvalue weighted by atomic mass is 10.1. The van der Waals surface area contributed by atoms with E-state index in [4.69, 9.17) is 4.74 Å². The van der Waals surface area contributed by atoms with Gasteiger partial charge in [0.05, 0.1) is 0 Å². The molecule has 1 N–H and O–H groups in total. The lowest BCUT2D eigenvalue weighted by Crippen LogP contribution is -2.31. The molecular weight excluding hydrogens is 280 g/mol. The van der Waals surface area contributed by atoms with Crippen LogP contribution in [0.5, 0.6) is 5.75 Å². The van der Waals surface area contributed by atoms with E-state index in [0.717, 1.165) is 25.4 Å². The standard InChI is InChI=1S/C17H28N2OS/c1-17(2)8-9-19(11-13-21-17)10-12-20-16-6-4-15(5-7-16)14-18-3/h4-7,18H,8-14H2,1-3H3. The second-order valence-corrected chi connectivity index (χ2v) is 8.02. The maximum Gasteiger partial charge on any atom is 0.119 e. The third kappa shape index (κ3) is 5.89. The minimum absolute atomic E-state index is 0.429. The molecule has 0 saturated carbocycles. The first-order chi connectivity index (χ1) is 10.1. The van der Waals surface area contributed by atoms with Crippen molar-refractivity contribution in [1.82, 2.24) is 10.2 Å². The van der Waals surface area contributed by atoms with Crippen LogP contribution in [0.2, 0.25) is 0 Å². The van der Waals surface area contributed by atoms with E-state index in [1.807, 2.05) is 7.05 Å². The molecule has 0 aliphatic carbocycles. The highest BCUT2D eigenvalue weighted by Crippen LogP contribution is 2.30. The Bertz CT molecular complexity index is 419. The van der Waals surface area contributed by atoms with Crippen molar-refractivity contribution in [3.63, 3.8) is 0 Å². The van der Waals surface area contributed by atoms with E-state index in [-0.39, 0.29) is 0 Å². The van der Waals surface area contributed by atoms with Gasteiger partial charge < -0.3 is 10.1 Å². The zero-order chi connectivity index (χ0) is 15.1. The molecule has 3 nitrogen and oxygen atoms in total. The predicted molar refractivity (Wildman–Crippen MR) is 92.3 cm³/mol. The molecule has 1 aromatic carbocycles. The van der Waals surface area contributed by atoms with Crippen LogP contribution < -0.4 is 10.1 Å². The second kappa shape index (κ2) is 8.06. The molecule has 0 spiro atoms. The van der Waals surface area contributed by atoms with E-state index < -0.39 is 0 Å². The Morgan fingerprint density at radius 2 is 2.00 bits per heavy atom. The first-order valence-corrected chi connectivity index (χ1v) is 8.80. The van der Waals surface area contributed by atoms with Gasteiger partial charge in [0.1, 0.15) is 12.4 Å². The van der Waals surface area contributed by atoms with Crippen LogP contribution in [0.25, 0.3) is 0 Å². The molecule has 0 radical (unpaired) electrons. The monoisotopic (exact) mass is 308 g/mol. The third-order valence-electron chi connectivity index (χ3n) is 3.91. The molecule has 1 aromatic rings. The van der Waals surface area contributed by atoms with Gasteiger partial charge in [-0.25, -0.2) is 0 Å². The Morgan fingerprint density at radius 3 is 2.71 bits per heavy atom. The quantitative estimate of drug-likeness (QED) is 0.873. The number of thioether (sulfide) groups is 1. The molecule has 0 aromatic heterocycles. The number of benzene rings is 1. The average Bonchev–Trinajstić information content (AvgIpc) is 2.62. The van der Waals surface area contributed by atoms with Gasteiger partial charge in [0.2, 0.25) is 0 Å². The average molecular weight is 308 g/mol. The first-order valence-electron chi connectivity index (χ1n) is 7.82. The fraction of sp³-hybridized carbons (Fsp3) is 0.647. The van der Waals surface area contributed by atoms with E-state index in [2.05, 4.69) is 60.1 Å². The number of hydrogen-bond acceptors (Lipinski definition) is 4. The number of hydrogen-bond donors (Lipinski definition) is 1. The van der Waals surface area contributed by atoms with Crippen LogP contribution in [-0.2, 0) is 6.54 Å². The van der Waals surface area contributed by atoms with Crippen molar-refractivity contribution in [2.75, 3.05) is 39.0 Å². The second-order valence-electron chi connectivity index (χ2n) is 6.22. The first kappa shape index (κ1) is 16.7. The van der Waals surface area contributed by atoms with Gasteiger partial charge in [0.15, 0.2) is 0 Å². The van der Waals surface area contributed by atoms with Crippen LogP contribution in [-0.4, -0.2) is 48.7 Å². The SMILES string of the molecule is CNCc1ccc(OCCN2CCSC(C)(C)CC2)cc1. The van der Waals surface area contributed by atoms with Gasteiger partial charge in [0.25, 0.3) is 0 Å². The van der Waals surface area contributed by atoms with Crippen molar-refractivity contribution in [1.29, 1.82) is 0 Å². The fourth-order valence-corrected chi connectivity index (χ4v) is 3.62. The molecule has 2 rings (SSSR count). The van der Waals surface area contributed by atoms with Crippen LogP contribution in [0.3, 0.4) is 0 Å². The number of rotatable bonds is 6. The minimum atomic E-state index is 0.429. The molecule has 0 amide bonds. The lowest BCUT2D eigenvalue weighted by Gasteiger charge is -2.22. The van der Waals surface area contributed by atoms with Gasteiger partial charge in [-0.3, -0.25) is 4.90 Å². The summed E-state index contributed by atoms with van der Waals surface area (Å²) in [5.74, 6) is 2.20. The minimum Gasteiger partial charge on any atom is -0.492 e. The summed E-state index contributed by atoms with van der Waals surface area (Å²) in [4.78, 5) is 2.52. The van der Waals surface area contributed by atoms with Crippen molar-refractivity contribution in [3.8, 4) is 5.75 Å². The molecule has 21 heavy (non-hydrogen) atoms. The van der Waals surface area contributed by atoms with Crippen molar-refractivity contribution in [3.05, 3.63) is 29.8 Å². The highest BCUT2D eigenvalue weighted by atomic mass is 32.2. The molecular formula is C17H28N2OS. The van der Waals surface area contributed by atoms with E-state index >= 15 is 0 Å². The Hall–Kier alpha value is -0.710. The zero-order valence-corrected chi connectivity index (χ0v) is 14.3. The van der Waals surface area contributed by atoms with E-state index in [9.17, 15) is 0 Å². The third-order valence-corrected chi connectivity index (χ3v) is 5.28. The Kier molecular flexibility index (Phi) is 6.40. The summed E-state index contributed by atoms with van der Waals surface area (Å²) >= 11 is 2.09. The number of nitrogens with zero attached hydrogens (tertiary/aromatic N) is 1. The molecule has 0 unspecified atom stereocenters. The van der Waals surface area contributed by atoms with E-state index in [0.29, 0.717) is 4.75 Å².